The standard InChI is InChI=1S/C21H27NO4S/c1-12(2)18-11-17(7-8-19(18)23)27(25,26)20-14(5)9-16(10-15(20)6)22-21(24)13(3)4/h7-13,23H,1-6H3,(H,22,24). The maximum atomic E-state index is 13.2. The average Bonchev–Trinajstić information content (AvgIpc) is 2.53. The van der Waals surface area contributed by atoms with Gasteiger partial charge in [0.15, 0.2) is 0 Å². The summed E-state index contributed by atoms with van der Waals surface area (Å²) in [6.07, 6.45) is 0. The number of amides is 1. The van der Waals surface area contributed by atoms with Crippen LogP contribution in [0, 0.1) is 19.8 Å². The molecule has 0 unspecified atom stereocenters. The fourth-order valence-corrected chi connectivity index (χ4v) is 4.74. The predicted molar refractivity (Wildman–Crippen MR) is 107 cm³/mol. The highest BCUT2D eigenvalue weighted by molar-refractivity contribution is 7.91. The first-order valence-electron chi connectivity index (χ1n) is 8.95. The number of hydrogen-bond donors (Lipinski definition) is 2. The molecule has 0 spiro atoms. The highest BCUT2D eigenvalue weighted by Gasteiger charge is 2.24. The van der Waals surface area contributed by atoms with E-state index >= 15 is 0 Å². The molecule has 0 aliphatic heterocycles. The van der Waals surface area contributed by atoms with E-state index in [1.165, 1.54) is 18.2 Å². The Labute approximate surface area is 161 Å². The van der Waals surface area contributed by atoms with E-state index in [4.69, 9.17) is 0 Å². The molecule has 0 saturated heterocycles. The van der Waals surface area contributed by atoms with Gasteiger partial charge in [-0.3, -0.25) is 4.79 Å². The summed E-state index contributed by atoms with van der Waals surface area (Å²) >= 11 is 0. The average molecular weight is 390 g/mol. The normalized spacial score (nSPS) is 11.9. The largest absolute Gasteiger partial charge is 0.508 e. The lowest BCUT2D eigenvalue weighted by Crippen LogP contribution is -2.18. The third-order valence-corrected chi connectivity index (χ3v) is 6.51. The Morgan fingerprint density at radius 3 is 2.04 bits per heavy atom. The Hall–Kier alpha value is -2.34. The second-order valence-electron chi connectivity index (χ2n) is 7.46. The molecule has 5 nitrogen and oxygen atoms in total. The minimum atomic E-state index is -3.76. The van der Waals surface area contributed by atoms with Crippen LogP contribution in [0.1, 0.15) is 50.3 Å². The van der Waals surface area contributed by atoms with Crippen molar-refractivity contribution in [2.24, 2.45) is 5.92 Å². The van der Waals surface area contributed by atoms with E-state index in [9.17, 15) is 18.3 Å². The zero-order valence-electron chi connectivity index (χ0n) is 16.6. The van der Waals surface area contributed by atoms with Crippen LogP contribution < -0.4 is 5.32 Å². The maximum absolute atomic E-state index is 13.2. The summed E-state index contributed by atoms with van der Waals surface area (Å²) in [6.45, 7) is 10.8. The molecule has 2 aromatic carbocycles. The van der Waals surface area contributed by atoms with Gasteiger partial charge >= 0.3 is 0 Å². The molecule has 0 radical (unpaired) electrons. The number of anilines is 1. The summed E-state index contributed by atoms with van der Waals surface area (Å²) in [5.74, 6) is -0.204. The topological polar surface area (TPSA) is 83.5 Å². The van der Waals surface area contributed by atoms with Gasteiger partial charge in [0.2, 0.25) is 15.7 Å². The molecule has 0 fully saturated rings. The predicted octanol–water partition coefficient (Wildman–Crippen LogP) is 4.56. The van der Waals surface area contributed by atoms with Crippen molar-refractivity contribution in [2.75, 3.05) is 5.32 Å². The van der Waals surface area contributed by atoms with E-state index in [0.29, 0.717) is 22.4 Å². The molecule has 0 bridgehead atoms. The molecule has 27 heavy (non-hydrogen) atoms. The summed E-state index contributed by atoms with van der Waals surface area (Å²) in [5, 5.41) is 12.8. The molecule has 2 N–H and O–H groups in total. The molecular weight excluding hydrogens is 362 g/mol. The first-order valence-corrected chi connectivity index (χ1v) is 10.4. The molecule has 146 valence electrons. The molecule has 0 saturated carbocycles. The number of hydrogen-bond acceptors (Lipinski definition) is 4. The third-order valence-electron chi connectivity index (χ3n) is 4.45. The quantitative estimate of drug-likeness (QED) is 0.785. The van der Waals surface area contributed by atoms with Gasteiger partial charge in [-0.05, 0) is 66.8 Å². The van der Waals surface area contributed by atoms with Crippen LogP contribution in [0.4, 0.5) is 5.69 Å². The summed E-state index contributed by atoms with van der Waals surface area (Å²) in [5.41, 5.74) is 2.30. The van der Waals surface area contributed by atoms with Gasteiger partial charge in [0, 0.05) is 11.6 Å². The first kappa shape index (κ1) is 21.0. The van der Waals surface area contributed by atoms with Gasteiger partial charge in [0.1, 0.15) is 5.75 Å². The summed E-state index contributed by atoms with van der Waals surface area (Å²) < 4.78 is 26.5. The number of sulfone groups is 1. The zero-order valence-corrected chi connectivity index (χ0v) is 17.4. The van der Waals surface area contributed by atoms with Gasteiger partial charge in [-0.1, -0.05) is 27.7 Å². The Balaban J connectivity index is 2.54. The molecular formula is C21H27NO4S. The van der Waals surface area contributed by atoms with Crippen molar-refractivity contribution in [1.29, 1.82) is 0 Å². The highest BCUT2D eigenvalue weighted by atomic mass is 32.2. The second-order valence-corrected chi connectivity index (χ2v) is 9.35. The summed E-state index contributed by atoms with van der Waals surface area (Å²) in [6, 6.07) is 7.71. The van der Waals surface area contributed by atoms with Crippen LogP contribution in [-0.2, 0) is 14.6 Å². The number of carbonyl (C=O) groups is 1. The number of phenolic OH excluding ortho intramolecular Hbond substituents is 1. The lowest BCUT2D eigenvalue weighted by Gasteiger charge is -2.16. The minimum Gasteiger partial charge on any atom is -0.508 e. The maximum Gasteiger partial charge on any atom is 0.226 e. The van der Waals surface area contributed by atoms with Gasteiger partial charge in [0.05, 0.1) is 9.79 Å². The van der Waals surface area contributed by atoms with Gasteiger partial charge in [-0.15, -0.1) is 0 Å². The zero-order chi connectivity index (χ0) is 20.5. The Kier molecular flexibility index (Phi) is 6.00. The summed E-state index contributed by atoms with van der Waals surface area (Å²) in [7, 11) is -3.76. The van der Waals surface area contributed by atoms with E-state index in [2.05, 4.69) is 5.32 Å². The molecule has 2 rings (SSSR count). The lowest BCUT2D eigenvalue weighted by atomic mass is 10.0. The van der Waals surface area contributed by atoms with Crippen molar-refractivity contribution >= 4 is 21.4 Å². The fraction of sp³-hybridized carbons (Fsp3) is 0.381. The van der Waals surface area contributed by atoms with Crippen LogP contribution in [-0.4, -0.2) is 19.4 Å². The fourth-order valence-electron chi connectivity index (χ4n) is 3.01. The van der Waals surface area contributed by atoms with Crippen LogP contribution in [0.2, 0.25) is 0 Å². The van der Waals surface area contributed by atoms with Crippen molar-refractivity contribution in [1.82, 2.24) is 0 Å². The van der Waals surface area contributed by atoms with Crippen LogP contribution in [0.3, 0.4) is 0 Å². The lowest BCUT2D eigenvalue weighted by molar-refractivity contribution is -0.118. The van der Waals surface area contributed by atoms with E-state index in [0.717, 1.165) is 0 Å². The van der Waals surface area contributed by atoms with E-state index in [1.807, 2.05) is 13.8 Å². The Morgan fingerprint density at radius 1 is 1.00 bits per heavy atom. The van der Waals surface area contributed by atoms with Crippen molar-refractivity contribution in [3.05, 3.63) is 47.0 Å². The second kappa shape index (κ2) is 7.72. The van der Waals surface area contributed by atoms with E-state index in [1.54, 1.807) is 39.8 Å². The number of carbonyl (C=O) groups excluding carboxylic acids is 1. The van der Waals surface area contributed by atoms with Gasteiger partial charge in [-0.25, -0.2) is 8.42 Å². The number of phenols is 1. The number of aryl methyl sites for hydroxylation is 2. The molecule has 0 heterocycles. The van der Waals surface area contributed by atoms with Crippen LogP contribution in [0.25, 0.3) is 0 Å². The SMILES string of the molecule is Cc1cc(NC(=O)C(C)C)cc(C)c1S(=O)(=O)c1ccc(O)c(C(C)C)c1. The number of nitrogens with one attached hydrogen (secondary N) is 1. The van der Waals surface area contributed by atoms with Gasteiger partial charge < -0.3 is 10.4 Å². The highest BCUT2D eigenvalue weighted by Crippen LogP contribution is 2.33. The van der Waals surface area contributed by atoms with Crippen molar-refractivity contribution < 1.29 is 18.3 Å². The molecule has 0 aliphatic rings. The molecule has 6 heteroatoms. The van der Waals surface area contributed by atoms with Gasteiger partial charge in [0.25, 0.3) is 0 Å². The van der Waals surface area contributed by atoms with E-state index in [-0.39, 0.29) is 33.3 Å². The molecule has 0 aliphatic carbocycles. The minimum absolute atomic E-state index is 0.00374. The van der Waals surface area contributed by atoms with Gasteiger partial charge in [-0.2, -0.15) is 0 Å². The molecule has 0 atom stereocenters. The third kappa shape index (κ3) is 4.33. The summed E-state index contributed by atoms with van der Waals surface area (Å²) in [4.78, 5) is 12.3. The van der Waals surface area contributed by atoms with Crippen LogP contribution in [0.15, 0.2) is 40.1 Å². The number of benzene rings is 2. The molecule has 1 amide bonds. The Morgan fingerprint density at radius 2 is 1.56 bits per heavy atom. The number of rotatable bonds is 5. The first-order chi connectivity index (χ1) is 12.4. The van der Waals surface area contributed by atoms with Crippen LogP contribution >= 0.6 is 0 Å². The molecule has 0 aromatic heterocycles. The van der Waals surface area contributed by atoms with Crippen molar-refractivity contribution in [3.63, 3.8) is 0 Å². The molecule has 2 aromatic rings. The van der Waals surface area contributed by atoms with Crippen molar-refractivity contribution in [2.45, 2.75) is 57.3 Å². The smallest absolute Gasteiger partial charge is 0.226 e. The Bertz CT molecular complexity index is 953. The van der Waals surface area contributed by atoms with E-state index < -0.39 is 9.84 Å². The monoisotopic (exact) mass is 389 g/mol. The number of aromatic hydroxyl groups is 1. The van der Waals surface area contributed by atoms with Crippen LogP contribution in [0.5, 0.6) is 5.75 Å². The van der Waals surface area contributed by atoms with Crippen molar-refractivity contribution in [3.8, 4) is 5.75 Å².